The zero-order valence-corrected chi connectivity index (χ0v) is 10.9. The summed E-state index contributed by atoms with van der Waals surface area (Å²) in [5, 5.41) is 18.3. The van der Waals surface area contributed by atoms with Crippen molar-refractivity contribution in [1.82, 2.24) is 4.98 Å². The summed E-state index contributed by atoms with van der Waals surface area (Å²) in [6.45, 7) is 2.12. The van der Waals surface area contributed by atoms with E-state index in [1.54, 1.807) is 6.92 Å². The molecule has 1 rings (SSSR count). The van der Waals surface area contributed by atoms with Crippen LogP contribution in [0.4, 0.5) is 0 Å². The van der Waals surface area contributed by atoms with E-state index in [1.807, 2.05) is 6.07 Å². The number of ether oxygens (including phenoxy) is 1. The molecule has 18 heavy (non-hydrogen) atoms. The van der Waals surface area contributed by atoms with Gasteiger partial charge < -0.3 is 9.84 Å². The van der Waals surface area contributed by atoms with Crippen LogP contribution in [0.2, 0.25) is 5.15 Å². The van der Waals surface area contributed by atoms with Crippen molar-refractivity contribution >= 4 is 17.6 Å². The summed E-state index contributed by atoms with van der Waals surface area (Å²) in [4.78, 5) is 15.3. The number of rotatable bonds is 5. The van der Waals surface area contributed by atoms with E-state index in [-0.39, 0.29) is 16.3 Å². The summed E-state index contributed by atoms with van der Waals surface area (Å²) < 4.78 is 4.91. The molecule has 0 saturated carbocycles. The predicted molar refractivity (Wildman–Crippen MR) is 65.9 cm³/mol. The third-order valence-corrected chi connectivity index (χ3v) is 2.83. The minimum absolute atomic E-state index is 0.0467. The first-order valence-corrected chi connectivity index (χ1v) is 5.78. The molecule has 5 nitrogen and oxygen atoms in total. The molecule has 0 fully saturated rings. The average molecular weight is 269 g/mol. The van der Waals surface area contributed by atoms with Crippen molar-refractivity contribution in [2.24, 2.45) is 0 Å². The summed E-state index contributed by atoms with van der Waals surface area (Å²) in [5.41, 5.74) is 0.981. The number of nitriles is 1. The first kappa shape index (κ1) is 14.4. The van der Waals surface area contributed by atoms with Crippen molar-refractivity contribution in [2.75, 3.05) is 13.7 Å². The molecule has 0 spiro atoms. The number of hydrogen-bond donors (Lipinski definition) is 1. The Labute approximate surface area is 110 Å². The number of methoxy groups -OCH3 is 1. The maximum absolute atomic E-state index is 11.3. The molecule has 1 aromatic rings. The van der Waals surface area contributed by atoms with Crippen LogP contribution in [0, 0.1) is 11.3 Å². The van der Waals surface area contributed by atoms with Crippen LogP contribution in [-0.2, 0) is 17.6 Å². The van der Waals surface area contributed by atoms with E-state index in [0.29, 0.717) is 30.7 Å². The van der Waals surface area contributed by atoms with Gasteiger partial charge in [0.1, 0.15) is 11.2 Å². The van der Waals surface area contributed by atoms with Crippen LogP contribution in [0.1, 0.15) is 34.1 Å². The summed E-state index contributed by atoms with van der Waals surface area (Å²) in [5.74, 6) is -1.10. The fraction of sp³-hybridized carbons (Fsp3) is 0.417. The molecular formula is C12H13ClN2O3. The maximum atomic E-state index is 11.3. The van der Waals surface area contributed by atoms with E-state index in [4.69, 9.17) is 21.6 Å². The molecule has 0 aliphatic rings. The molecule has 6 heteroatoms. The van der Waals surface area contributed by atoms with Crippen LogP contribution in [-0.4, -0.2) is 29.8 Å². The first-order valence-electron chi connectivity index (χ1n) is 5.40. The van der Waals surface area contributed by atoms with Crippen LogP contribution in [0.5, 0.6) is 0 Å². The van der Waals surface area contributed by atoms with Crippen LogP contribution >= 0.6 is 11.6 Å². The van der Waals surface area contributed by atoms with Crippen molar-refractivity contribution in [2.45, 2.75) is 19.8 Å². The summed E-state index contributed by atoms with van der Waals surface area (Å²) in [6, 6.07) is 1.90. The lowest BCUT2D eigenvalue weighted by Gasteiger charge is -2.12. The van der Waals surface area contributed by atoms with E-state index in [1.165, 1.54) is 7.11 Å². The van der Waals surface area contributed by atoms with Gasteiger partial charge in [0.25, 0.3) is 0 Å². The van der Waals surface area contributed by atoms with Gasteiger partial charge in [0.05, 0.1) is 23.4 Å². The van der Waals surface area contributed by atoms with Crippen molar-refractivity contribution < 1.29 is 14.6 Å². The number of carboxylic acids is 1. The molecule has 0 unspecified atom stereocenters. The molecule has 1 heterocycles. The van der Waals surface area contributed by atoms with Gasteiger partial charge in [-0.05, 0) is 12.0 Å². The highest BCUT2D eigenvalue weighted by molar-refractivity contribution is 6.30. The number of halogens is 1. The van der Waals surface area contributed by atoms with E-state index in [0.717, 1.165) is 0 Å². The highest BCUT2D eigenvalue weighted by Gasteiger charge is 2.22. The number of aromatic nitrogens is 1. The van der Waals surface area contributed by atoms with Gasteiger partial charge in [0.2, 0.25) is 0 Å². The lowest BCUT2D eigenvalue weighted by molar-refractivity contribution is 0.0693. The molecule has 0 saturated heterocycles. The number of hydrogen-bond acceptors (Lipinski definition) is 4. The second kappa shape index (κ2) is 6.34. The van der Waals surface area contributed by atoms with Crippen molar-refractivity contribution in [3.8, 4) is 6.07 Å². The van der Waals surface area contributed by atoms with Crippen LogP contribution < -0.4 is 0 Å². The highest BCUT2D eigenvalue weighted by atomic mass is 35.5. The van der Waals surface area contributed by atoms with Gasteiger partial charge in [-0.3, -0.25) is 0 Å². The van der Waals surface area contributed by atoms with E-state index < -0.39 is 5.97 Å². The average Bonchev–Trinajstić information content (AvgIpc) is 2.34. The quantitative estimate of drug-likeness (QED) is 0.827. The Balaban J connectivity index is 3.48. The summed E-state index contributed by atoms with van der Waals surface area (Å²) in [7, 11) is 1.52. The standard InChI is InChI=1S/C12H13ClN2O3/c1-3-7-8(6-14)11(13)15-9(4-5-18-2)10(7)12(16)17/h3-5H2,1-2H3,(H,16,17). The van der Waals surface area contributed by atoms with Crippen molar-refractivity contribution in [3.05, 3.63) is 27.5 Å². The first-order chi connectivity index (χ1) is 8.56. The van der Waals surface area contributed by atoms with E-state index >= 15 is 0 Å². The number of aromatic carboxylic acids is 1. The maximum Gasteiger partial charge on any atom is 0.337 e. The van der Waals surface area contributed by atoms with Gasteiger partial charge in [-0.2, -0.15) is 5.26 Å². The van der Waals surface area contributed by atoms with Gasteiger partial charge >= 0.3 is 5.97 Å². The Kier molecular flexibility index (Phi) is 5.08. The Bertz CT molecular complexity index is 509. The molecule has 0 aromatic carbocycles. The van der Waals surface area contributed by atoms with E-state index in [2.05, 4.69) is 4.98 Å². The largest absolute Gasteiger partial charge is 0.478 e. The van der Waals surface area contributed by atoms with Crippen LogP contribution in [0.3, 0.4) is 0 Å². The predicted octanol–water partition coefficient (Wildman–Crippen LogP) is 2.06. The Morgan fingerprint density at radius 3 is 2.72 bits per heavy atom. The molecule has 0 aliphatic heterocycles. The Morgan fingerprint density at radius 1 is 1.61 bits per heavy atom. The SMILES string of the molecule is CCc1c(C#N)c(Cl)nc(CCOC)c1C(=O)O. The molecule has 0 amide bonds. The van der Waals surface area contributed by atoms with Crippen molar-refractivity contribution in [1.29, 1.82) is 5.26 Å². The van der Waals surface area contributed by atoms with Gasteiger partial charge in [-0.1, -0.05) is 18.5 Å². The Hall–Kier alpha value is -1.64. The van der Waals surface area contributed by atoms with Gasteiger partial charge in [0.15, 0.2) is 0 Å². The minimum Gasteiger partial charge on any atom is -0.478 e. The summed E-state index contributed by atoms with van der Waals surface area (Å²) in [6.07, 6.45) is 0.753. The van der Waals surface area contributed by atoms with Gasteiger partial charge in [0, 0.05) is 13.5 Å². The van der Waals surface area contributed by atoms with Crippen LogP contribution in [0.25, 0.3) is 0 Å². The molecule has 0 bridgehead atoms. The topological polar surface area (TPSA) is 83.2 Å². The highest BCUT2D eigenvalue weighted by Crippen LogP contribution is 2.25. The van der Waals surface area contributed by atoms with Gasteiger partial charge in [-0.25, -0.2) is 9.78 Å². The van der Waals surface area contributed by atoms with E-state index in [9.17, 15) is 9.90 Å². The summed E-state index contributed by atoms with van der Waals surface area (Å²) >= 11 is 5.90. The molecular weight excluding hydrogens is 256 g/mol. The minimum atomic E-state index is -1.10. The fourth-order valence-electron chi connectivity index (χ4n) is 1.75. The van der Waals surface area contributed by atoms with Gasteiger partial charge in [-0.15, -0.1) is 0 Å². The number of carbonyl (C=O) groups is 1. The molecule has 0 radical (unpaired) electrons. The molecule has 1 aromatic heterocycles. The zero-order valence-electron chi connectivity index (χ0n) is 10.2. The Morgan fingerprint density at radius 2 is 2.28 bits per heavy atom. The molecule has 0 aliphatic carbocycles. The normalized spacial score (nSPS) is 10.1. The van der Waals surface area contributed by atoms with Crippen LogP contribution in [0.15, 0.2) is 0 Å². The number of pyridine rings is 1. The zero-order chi connectivity index (χ0) is 13.7. The molecule has 96 valence electrons. The lowest BCUT2D eigenvalue weighted by atomic mass is 9.98. The third-order valence-electron chi connectivity index (χ3n) is 2.55. The molecule has 0 atom stereocenters. The second-order valence-corrected chi connectivity index (χ2v) is 3.95. The molecule has 1 N–H and O–H groups in total. The second-order valence-electron chi connectivity index (χ2n) is 3.59. The number of nitrogens with zero attached hydrogens (tertiary/aromatic N) is 2. The smallest absolute Gasteiger partial charge is 0.337 e. The third kappa shape index (κ3) is 2.78. The monoisotopic (exact) mass is 268 g/mol. The lowest BCUT2D eigenvalue weighted by Crippen LogP contribution is -2.13. The fourth-order valence-corrected chi connectivity index (χ4v) is 2.01. The van der Waals surface area contributed by atoms with Crippen molar-refractivity contribution in [3.63, 3.8) is 0 Å². The number of carboxylic acid groups (broad SMARTS) is 1.